The molecule has 100 valence electrons. The molecular formula is C15H24N2O. The van der Waals surface area contributed by atoms with E-state index < -0.39 is 6.04 Å². The highest BCUT2D eigenvalue weighted by Crippen LogP contribution is 2.17. The van der Waals surface area contributed by atoms with Crippen LogP contribution < -0.4 is 11.1 Å². The van der Waals surface area contributed by atoms with Crippen LogP contribution in [0.3, 0.4) is 0 Å². The summed E-state index contributed by atoms with van der Waals surface area (Å²) in [4.78, 5) is 12.0. The van der Waals surface area contributed by atoms with Crippen molar-refractivity contribution in [3.05, 3.63) is 35.4 Å². The SMILES string of the molecule is CC[C@H](C)[C@H](N)C(=O)NC(C)c1ccccc1C. The second kappa shape index (κ2) is 6.55. The molecule has 18 heavy (non-hydrogen) atoms. The van der Waals surface area contributed by atoms with Crippen molar-refractivity contribution in [3.8, 4) is 0 Å². The molecule has 0 saturated heterocycles. The summed E-state index contributed by atoms with van der Waals surface area (Å²) >= 11 is 0. The molecule has 0 saturated carbocycles. The van der Waals surface area contributed by atoms with E-state index in [0.29, 0.717) is 0 Å². The zero-order valence-corrected chi connectivity index (χ0v) is 11.7. The minimum atomic E-state index is -0.429. The van der Waals surface area contributed by atoms with Crippen LogP contribution in [0, 0.1) is 12.8 Å². The van der Waals surface area contributed by atoms with Crippen LogP contribution in [0.5, 0.6) is 0 Å². The molecule has 0 heterocycles. The van der Waals surface area contributed by atoms with Gasteiger partial charge in [-0.1, -0.05) is 44.5 Å². The maximum atomic E-state index is 12.0. The van der Waals surface area contributed by atoms with Gasteiger partial charge in [0.25, 0.3) is 0 Å². The molecule has 0 bridgehead atoms. The lowest BCUT2D eigenvalue weighted by molar-refractivity contribution is -0.124. The van der Waals surface area contributed by atoms with E-state index in [1.165, 1.54) is 5.56 Å². The molecule has 0 aliphatic heterocycles. The van der Waals surface area contributed by atoms with Crippen molar-refractivity contribution < 1.29 is 4.79 Å². The monoisotopic (exact) mass is 248 g/mol. The van der Waals surface area contributed by atoms with Crippen molar-refractivity contribution >= 4 is 5.91 Å². The number of amides is 1. The Kier molecular flexibility index (Phi) is 5.35. The average Bonchev–Trinajstić information content (AvgIpc) is 2.37. The summed E-state index contributed by atoms with van der Waals surface area (Å²) in [6.07, 6.45) is 0.910. The number of carbonyl (C=O) groups is 1. The molecule has 0 aliphatic rings. The van der Waals surface area contributed by atoms with Crippen LogP contribution in [-0.4, -0.2) is 11.9 Å². The summed E-state index contributed by atoms with van der Waals surface area (Å²) in [5.74, 6) is 0.133. The van der Waals surface area contributed by atoms with Gasteiger partial charge in [0.2, 0.25) is 5.91 Å². The largest absolute Gasteiger partial charge is 0.348 e. The summed E-state index contributed by atoms with van der Waals surface area (Å²) in [6.45, 7) is 8.08. The minimum Gasteiger partial charge on any atom is -0.348 e. The quantitative estimate of drug-likeness (QED) is 0.841. The molecule has 0 spiro atoms. The molecule has 0 aromatic heterocycles. The van der Waals surface area contributed by atoms with E-state index in [-0.39, 0.29) is 17.9 Å². The lowest BCUT2D eigenvalue weighted by Gasteiger charge is -2.22. The third-order valence-corrected chi connectivity index (χ3v) is 3.57. The van der Waals surface area contributed by atoms with Crippen LogP contribution in [0.15, 0.2) is 24.3 Å². The Balaban J connectivity index is 2.68. The first-order valence-corrected chi connectivity index (χ1v) is 6.58. The van der Waals surface area contributed by atoms with Crippen LogP contribution in [0.1, 0.15) is 44.4 Å². The number of nitrogens with two attached hydrogens (primary N) is 1. The number of hydrogen-bond acceptors (Lipinski definition) is 2. The van der Waals surface area contributed by atoms with Gasteiger partial charge in [-0.25, -0.2) is 0 Å². The van der Waals surface area contributed by atoms with Gasteiger partial charge in [-0.15, -0.1) is 0 Å². The highest BCUT2D eigenvalue weighted by atomic mass is 16.2. The summed E-state index contributed by atoms with van der Waals surface area (Å²) < 4.78 is 0. The van der Waals surface area contributed by atoms with E-state index in [0.717, 1.165) is 12.0 Å². The Bertz CT molecular complexity index is 403. The fourth-order valence-corrected chi connectivity index (χ4v) is 1.97. The van der Waals surface area contributed by atoms with Crippen LogP contribution in [0.2, 0.25) is 0 Å². The first kappa shape index (κ1) is 14.7. The van der Waals surface area contributed by atoms with Crippen LogP contribution in [-0.2, 0) is 4.79 Å². The molecule has 3 atom stereocenters. The Morgan fingerprint density at radius 1 is 1.33 bits per heavy atom. The Labute approximate surface area is 110 Å². The molecule has 1 aromatic carbocycles. The number of carbonyl (C=O) groups excluding carboxylic acids is 1. The van der Waals surface area contributed by atoms with Crippen molar-refractivity contribution in [2.45, 2.75) is 46.2 Å². The number of nitrogens with one attached hydrogen (secondary N) is 1. The van der Waals surface area contributed by atoms with Crippen LogP contribution in [0.4, 0.5) is 0 Å². The summed E-state index contributed by atoms with van der Waals surface area (Å²) in [6, 6.07) is 7.63. The summed E-state index contributed by atoms with van der Waals surface area (Å²) in [7, 11) is 0. The molecule has 1 rings (SSSR count). The van der Waals surface area contributed by atoms with Crippen molar-refractivity contribution in [3.63, 3.8) is 0 Å². The number of aryl methyl sites for hydroxylation is 1. The summed E-state index contributed by atoms with van der Waals surface area (Å²) in [5.41, 5.74) is 8.25. The smallest absolute Gasteiger partial charge is 0.237 e. The van der Waals surface area contributed by atoms with Crippen molar-refractivity contribution in [2.75, 3.05) is 0 Å². The third kappa shape index (κ3) is 3.57. The topological polar surface area (TPSA) is 55.1 Å². The molecule has 1 amide bonds. The summed E-state index contributed by atoms with van der Waals surface area (Å²) in [5, 5.41) is 2.99. The highest BCUT2D eigenvalue weighted by molar-refractivity contribution is 5.82. The van der Waals surface area contributed by atoms with E-state index >= 15 is 0 Å². The van der Waals surface area contributed by atoms with Gasteiger partial charge in [0.05, 0.1) is 12.1 Å². The first-order chi connectivity index (χ1) is 8.47. The third-order valence-electron chi connectivity index (χ3n) is 3.57. The van der Waals surface area contributed by atoms with E-state index in [2.05, 4.69) is 5.32 Å². The number of benzene rings is 1. The fourth-order valence-electron chi connectivity index (χ4n) is 1.97. The minimum absolute atomic E-state index is 0.00574. The average molecular weight is 248 g/mol. The predicted octanol–water partition coefficient (Wildman–Crippen LogP) is 2.55. The Morgan fingerprint density at radius 3 is 2.50 bits per heavy atom. The maximum Gasteiger partial charge on any atom is 0.237 e. The van der Waals surface area contributed by atoms with Crippen molar-refractivity contribution in [1.29, 1.82) is 0 Å². The van der Waals surface area contributed by atoms with Gasteiger partial charge in [0, 0.05) is 0 Å². The van der Waals surface area contributed by atoms with Crippen LogP contribution >= 0.6 is 0 Å². The van der Waals surface area contributed by atoms with Gasteiger partial charge in [-0.3, -0.25) is 4.79 Å². The van der Waals surface area contributed by atoms with Gasteiger partial charge in [0.15, 0.2) is 0 Å². The number of hydrogen-bond donors (Lipinski definition) is 2. The molecule has 3 nitrogen and oxygen atoms in total. The van der Waals surface area contributed by atoms with Gasteiger partial charge >= 0.3 is 0 Å². The van der Waals surface area contributed by atoms with E-state index in [9.17, 15) is 4.79 Å². The Morgan fingerprint density at radius 2 is 1.94 bits per heavy atom. The molecule has 3 heteroatoms. The predicted molar refractivity (Wildman–Crippen MR) is 75.2 cm³/mol. The molecular weight excluding hydrogens is 224 g/mol. The highest BCUT2D eigenvalue weighted by Gasteiger charge is 2.21. The molecule has 0 radical (unpaired) electrons. The van der Waals surface area contributed by atoms with Crippen molar-refractivity contribution in [2.24, 2.45) is 11.7 Å². The van der Waals surface area contributed by atoms with Gasteiger partial charge in [-0.2, -0.15) is 0 Å². The number of rotatable bonds is 5. The Hall–Kier alpha value is -1.35. The second-order valence-corrected chi connectivity index (χ2v) is 5.00. The first-order valence-electron chi connectivity index (χ1n) is 6.58. The molecule has 1 aromatic rings. The standard InChI is InChI=1S/C15H24N2O/c1-5-10(2)14(16)15(18)17-12(4)13-9-7-6-8-11(13)3/h6-10,12,14H,5,16H2,1-4H3,(H,17,18)/t10-,12?,14-/m0/s1. The molecule has 3 N–H and O–H groups in total. The molecule has 1 unspecified atom stereocenters. The molecule has 0 aliphatic carbocycles. The molecule has 0 fully saturated rings. The van der Waals surface area contributed by atoms with E-state index in [1.54, 1.807) is 0 Å². The zero-order valence-electron chi connectivity index (χ0n) is 11.7. The van der Waals surface area contributed by atoms with E-state index in [1.807, 2.05) is 52.0 Å². The van der Waals surface area contributed by atoms with Crippen molar-refractivity contribution in [1.82, 2.24) is 5.32 Å². The normalized spacial score (nSPS) is 15.8. The fraction of sp³-hybridized carbons (Fsp3) is 0.533. The zero-order chi connectivity index (χ0) is 13.7. The van der Waals surface area contributed by atoms with E-state index in [4.69, 9.17) is 5.73 Å². The maximum absolute atomic E-state index is 12.0. The van der Waals surface area contributed by atoms with Gasteiger partial charge < -0.3 is 11.1 Å². The lowest BCUT2D eigenvalue weighted by atomic mass is 9.98. The van der Waals surface area contributed by atoms with Gasteiger partial charge in [0.1, 0.15) is 0 Å². The lowest BCUT2D eigenvalue weighted by Crippen LogP contribution is -2.45. The van der Waals surface area contributed by atoms with Gasteiger partial charge in [-0.05, 0) is 30.9 Å². The second-order valence-electron chi connectivity index (χ2n) is 5.00. The van der Waals surface area contributed by atoms with Crippen LogP contribution in [0.25, 0.3) is 0 Å².